The van der Waals surface area contributed by atoms with Gasteiger partial charge in [-0.2, -0.15) is 13.2 Å². The molecule has 146 valence electrons. The molecule has 0 atom stereocenters. The maximum Gasteiger partial charge on any atom is 0.417 e. The molecule has 0 radical (unpaired) electrons. The molecule has 1 saturated heterocycles. The molecule has 7 nitrogen and oxygen atoms in total. The maximum absolute atomic E-state index is 13.6. The first-order chi connectivity index (χ1) is 13.4. The molecular weight excluding hydrogens is 393 g/mol. The summed E-state index contributed by atoms with van der Waals surface area (Å²) < 4.78 is 46.1. The topological polar surface area (TPSA) is 90.0 Å². The molecule has 11 heteroatoms. The van der Waals surface area contributed by atoms with E-state index in [1.807, 2.05) is 4.90 Å². The van der Waals surface area contributed by atoms with Gasteiger partial charge in [0.05, 0.1) is 24.5 Å². The Morgan fingerprint density at radius 3 is 2.50 bits per heavy atom. The Balaban J connectivity index is 1.88. The highest BCUT2D eigenvalue weighted by Crippen LogP contribution is 2.38. The van der Waals surface area contributed by atoms with E-state index >= 15 is 0 Å². The van der Waals surface area contributed by atoms with Crippen LogP contribution < -0.4 is 10.6 Å². The lowest BCUT2D eigenvalue weighted by Gasteiger charge is -2.27. The predicted molar refractivity (Wildman–Crippen MR) is 98.8 cm³/mol. The van der Waals surface area contributed by atoms with E-state index in [9.17, 15) is 13.2 Å². The van der Waals surface area contributed by atoms with Gasteiger partial charge in [-0.1, -0.05) is 0 Å². The van der Waals surface area contributed by atoms with Crippen LogP contribution in [-0.4, -0.2) is 46.2 Å². The van der Waals surface area contributed by atoms with Crippen LogP contribution in [0, 0.1) is 0 Å². The summed E-state index contributed by atoms with van der Waals surface area (Å²) in [5.41, 5.74) is 5.00. The second-order valence-electron chi connectivity index (χ2n) is 6.03. The van der Waals surface area contributed by atoms with Crippen molar-refractivity contribution in [2.45, 2.75) is 6.18 Å². The van der Waals surface area contributed by atoms with E-state index < -0.39 is 11.7 Å². The van der Waals surface area contributed by atoms with E-state index in [0.29, 0.717) is 43.0 Å². The number of nitrogens with two attached hydrogens (primary N) is 1. The van der Waals surface area contributed by atoms with Gasteiger partial charge in [-0.15, -0.1) is 11.3 Å². The minimum atomic E-state index is -4.60. The van der Waals surface area contributed by atoms with Crippen molar-refractivity contribution in [1.82, 2.24) is 19.9 Å². The average molecular weight is 408 g/mol. The van der Waals surface area contributed by atoms with Crippen LogP contribution in [0.25, 0.3) is 22.0 Å². The number of thiazole rings is 1. The zero-order valence-corrected chi connectivity index (χ0v) is 15.3. The first-order valence-electron chi connectivity index (χ1n) is 8.36. The van der Waals surface area contributed by atoms with Gasteiger partial charge in [-0.05, 0) is 12.1 Å². The van der Waals surface area contributed by atoms with Gasteiger partial charge in [-0.3, -0.25) is 0 Å². The van der Waals surface area contributed by atoms with Crippen molar-refractivity contribution in [3.63, 3.8) is 0 Å². The van der Waals surface area contributed by atoms with Crippen molar-refractivity contribution >= 4 is 23.1 Å². The Morgan fingerprint density at radius 1 is 1.07 bits per heavy atom. The minimum absolute atomic E-state index is 0.113. The van der Waals surface area contributed by atoms with Crippen molar-refractivity contribution in [3.05, 3.63) is 35.5 Å². The summed E-state index contributed by atoms with van der Waals surface area (Å²) in [6.45, 7) is 2.09. The molecule has 0 aromatic carbocycles. The molecule has 0 spiro atoms. The first-order valence-corrected chi connectivity index (χ1v) is 9.24. The molecule has 3 aromatic heterocycles. The third-order valence-electron chi connectivity index (χ3n) is 4.17. The van der Waals surface area contributed by atoms with Gasteiger partial charge in [0.1, 0.15) is 16.5 Å². The number of ether oxygens (including phenoxy) is 1. The quantitative estimate of drug-likeness (QED) is 0.712. The van der Waals surface area contributed by atoms with Crippen LogP contribution >= 0.6 is 11.3 Å². The molecule has 28 heavy (non-hydrogen) atoms. The lowest BCUT2D eigenvalue weighted by molar-refractivity contribution is -0.137. The molecule has 4 rings (SSSR count). The number of pyridine rings is 1. The molecule has 0 amide bonds. The SMILES string of the molecule is Nc1cc(C(F)(F)F)c(-c2cc(-c3nccs3)nc(N3CCOCC3)n2)cn1. The van der Waals surface area contributed by atoms with Crippen LogP contribution in [0.1, 0.15) is 5.56 Å². The molecule has 3 aromatic rings. The number of alkyl halides is 3. The fraction of sp³-hybridized carbons (Fsp3) is 0.294. The molecule has 0 aliphatic carbocycles. The van der Waals surface area contributed by atoms with E-state index in [2.05, 4.69) is 19.9 Å². The molecule has 0 unspecified atom stereocenters. The third-order valence-corrected chi connectivity index (χ3v) is 4.96. The Hall–Kier alpha value is -2.79. The van der Waals surface area contributed by atoms with E-state index in [-0.39, 0.29) is 17.1 Å². The summed E-state index contributed by atoms with van der Waals surface area (Å²) >= 11 is 1.35. The number of rotatable bonds is 3. The summed E-state index contributed by atoms with van der Waals surface area (Å²) in [7, 11) is 0. The predicted octanol–water partition coefficient (Wildman–Crippen LogP) is 3.10. The number of halogens is 3. The molecule has 1 aliphatic heterocycles. The molecule has 0 saturated carbocycles. The van der Waals surface area contributed by atoms with Gasteiger partial charge < -0.3 is 15.4 Å². The number of nitrogens with zero attached hydrogens (tertiary/aromatic N) is 5. The largest absolute Gasteiger partial charge is 0.417 e. The summed E-state index contributed by atoms with van der Waals surface area (Å²) in [5.74, 6) is 0.120. The molecular formula is C17H15F3N6OS. The second-order valence-corrected chi connectivity index (χ2v) is 6.92. The normalized spacial score (nSPS) is 15.0. The summed E-state index contributed by atoms with van der Waals surface area (Å²) in [6.07, 6.45) is -1.89. The molecule has 1 fully saturated rings. The van der Waals surface area contributed by atoms with Crippen LogP contribution in [0.3, 0.4) is 0 Å². The Morgan fingerprint density at radius 2 is 1.82 bits per heavy atom. The van der Waals surface area contributed by atoms with Gasteiger partial charge in [-0.25, -0.2) is 19.9 Å². The number of morpholine rings is 1. The lowest BCUT2D eigenvalue weighted by Crippen LogP contribution is -2.37. The number of anilines is 2. The number of hydrogen-bond donors (Lipinski definition) is 1. The summed E-state index contributed by atoms with van der Waals surface area (Å²) in [5, 5.41) is 2.37. The minimum Gasteiger partial charge on any atom is -0.384 e. The van der Waals surface area contributed by atoms with Crippen molar-refractivity contribution in [2.75, 3.05) is 36.9 Å². The highest BCUT2D eigenvalue weighted by Gasteiger charge is 2.35. The van der Waals surface area contributed by atoms with Gasteiger partial charge in [0, 0.05) is 36.4 Å². The number of aromatic nitrogens is 4. The van der Waals surface area contributed by atoms with Gasteiger partial charge in [0.25, 0.3) is 0 Å². The van der Waals surface area contributed by atoms with Gasteiger partial charge in [0.2, 0.25) is 5.95 Å². The first kappa shape index (κ1) is 18.6. The Kier molecular flexibility index (Phi) is 4.85. The summed E-state index contributed by atoms with van der Waals surface area (Å²) in [6, 6.07) is 2.31. The van der Waals surface area contributed by atoms with E-state index in [4.69, 9.17) is 10.5 Å². The monoisotopic (exact) mass is 408 g/mol. The molecule has 4 heterocycles. The zero-order valence-electron chi connectivity index (χ0n) is 14.5. The van der Waals surface area contributed by atoms with Gasteiger partial charge >= 0.3 is 6.18 Å². The van der Waals surface area contributed by atoms with Crippen LogP contribution in [0.2, 0.25) is 0 Å². The van der Waals surface area contributed by atoms with Crippen molar-refractivity contribution in [3.8, 4) is 22.0 Å². The molecule has 2 N–H and O–H groups in total. The smallest absolute Gasteiger partial charge is 0.384 e. The van der Waals surface area contributed by atoms with Gasteiger partial charge in [0.15, 0.2) is 0 Å². The number of hydrogen-bond acceptors (Lipinski definition) is 8. The highest BCUT2D eigenvalue weighted by atomic mass is 32.1. The molecule has 0 bridgehead atoms. The van der Waals surface area contributed by atoms with Crippen molar-refractivity contribution in [1.29, 1.82) is 0 Å². The van der Waals surface area contributed by atoms with Crippen LogP contribution in [0.4, 0.5) is 24.9 Å². The van der Waals surface area contributed by atoms with Crippen LogP contribution in [-0.2, 0) is 10.9 Å². The van der Waals surface area contributed by atoms with Crippen LogP contribution in [0.5, 0.6) is 0 Å². The van der Waals surface area contributed by atoms with Crippen molar-refractivity contribution < 1.29 is 17.9 Å². The lowest BCUT2D eigenvalue weighted by atomic mass is 10.1. The third kappa shape index (κ3) is 3.76. The highest BCUT2D eigenvalue weighted by molar-refractivity contribution is 7.13. The number of nitrogen functional groups attached to an aromatic ring is 1. The standard InChI is InChI=1S/C17H15F3N6OS/c18-17(19,20)11-7-14(21)23-9-10(11)12-8-13(15-22-1-6-28-15)25-16(24-12)26-2-4-27-5-3-26/h1,6-9H,2-5H2,(H2,21,23). The Bertz CT molecular complexity index is 974. The second kappa shape index (κ2) is 7.32. The summed E-state index contributed by atoms with van der Waals surface area (Å²) in [4.78, 5) is 18.8. The van der Waals surface area contributed by atoms with E-state index in [0.717, 1.165) is 12.3 Å². The van der Waals surface area contributed by atoms with E-state index in [1.54, 1.807) is 11.6 Å². The van der Waals surface area contributed by atoms with E-state index in [1.165, 1.54) is 17.4 Å². The van der Waals surface area contributed by atoms with Crippen LogP contribution in [0.15, 0.2) is 29.9 Å². The fourth-order valence-electron chi connectivity index (χ4n) is 2.85. The fourth-order valence-corrected chi connectivity index (χ4v) is 3.44. The average Bonchev–Trinajstić information content (AvgIpc) is 3.22. The molecule has 1 aliphatic rings. The van der Waals surface area contributed by atoms with Crippen molar-refractivity contribution in [2.24, 2.45) is 0 Å². The maximum atomic E-state index is 13.6. The zero-order chi connectivity index (χ0) is 19.7. The Labute approximate surface area is 162 Å².